The Balaban J connectivity index is 1.61. The van der Waals surface area contributed by atoms with Gasteiger partial charge in [0.2, 0.25) is 5.82 Å². The molecule has 0 bridgehead atoms. The summed E-state index contributed by atoms with van der Waals surface area (Å²) in [6, 6.07) is 1.97. The molecule has 4 rings (SSSR count). The first-order valence-corrected chi connectivity index (χ1v) is 8.35. The van der Waals surface area contributed by atoms with Crippen LogP contribution in [0.3, 0.4) is 0 Å². The Kier molecular flexibility index (Phi) is 4.11. The normalized spacial score (nSPS) is 23.7. The summed E-state index contributed by atoms with van der Waals surface area (Å²) in [5.41, 5.74) is 1.17. The van der Waals surface area contributed by atoms with E-state index in [1.54, 1.807) is 7.11 Å². The molecule has 0 aromatic carbocycles. The number of hydrogen-bond acceptors (Lipinski definition) is 7. The van der Waals surface area contributed by atoms with E-state index in [0.29, 0.717) is 43.5 Å². The second-order valence-corrected chi connectivity index (χ2v) is 6.31. The molecule has 2 fully saturated rings. The van der Waals surface area contributed by atoms with Crippen LogP contribution in [0.1, 0.15) is 43.3 Å². The van der Waals surface area contributed by atoms with E-state index in [1.807, 2.05) is 17.8 Å². The maximum atomic E-state index is 5.74. The van der Waals surface area contributed by atoms with E-state index >= 15 is 0 Å². The first-order chi connectivity index (χ1) is 11.7. The minimum Gasteiger partial charge on any atom is -0.381 e. The number of ether oxygens (including phenoxy) is 3. The summed E-state index contributed by atoms with van der Waals surface area (Å²) in [4.78, 5) is 4.55. The van der Waals surface area contributed by atoms with Crippen molar-refractivity contribution in [3.63, 3.8) is 0 Å². The fraction of sp³-hybridized carbons (Fsp3) is 0.688. The van der Waals surface area contributed by atoms with Crippen LogP contribution >= 0.6 is 0 Å². The zero-order valence-electron chi connectivity index (χ0n) is 14.0. The van der Waals surface area contributed by atoms with Gasteiger partial charge in [-0.05, 0) is 18.9 Å². The number of aryl methyl sites for hydroxylation is 1. The van der Waals surface area contributed by atoms with Gasteiger partial charge in [-0.3, -0.25) is 4.68 Å². The van der Waals surface area contributed by atoms with Gasteiger partial charge in [0.15, 0.2) is 5.69 Å². The smallest absolute Gasteiger partial charge is 0.278 e. The lowest BCUT2D eigenvalue weighted by molar-refractivity contribution is -0.101. The molecule has 0 saturated carbocycles. The average molecular weight is 334 g/mol. The van der Waals surface area contributed by atoms with Crippen LogP contribution in [0.25, 0.3) is 11.6 Å². The molecule has 2 saturated heterocycles. The SMILES string of the molecule is COC1(c2noc(-c3cc(C4CCCO4)n(C)n3)n2)CCOCC1. The summed E-state index contributed by atoms with van der Waals surface area (Å²) >= 11 is 0. The lowest BCUT2D eigenvalue weighted by Crippen LogP contribution is -2.36. The van der Waals surface area contributed by atoms with E-state index in [9.17, 15) is 0 Å². The van der Waals surface area contributed by atoms with Crippen LogP contribution in [0.4, 0.5) is 0 Å². The third-order valence-corrected chi connectivity index (χ3v) is 4.92. The number of rotatable bonds is 4. The molecular weight excluding hydrogens is 312 g/mol. The standard InChI is InChI=1S/C16H22N4O4/c1-20-12(13-4-3-7-23-13)10-11(18-20)14-17-15(19-24-14)16(21-2)5-8-22-9-6-16/h10,13H,3-9H2,1-2H3. The van der Waals surface area contributed by atoms with Crippen molar-refractivity contribution in [3.05, 3.63) is 17.6 Å². The molecule has 24 heavy (non-hydrogen) atoms. The minimum absolute atomic E-state index is 0.0967. The molecule has 130 valence electrons. The van der Waals surface area contributed by atoms with Crippen LogP contribution in [0.5, 0.6) is 0 Å². The number of hydrogen-bond donors (Lipinski definition) is 0. The predicted molar refractivity (Wildman–Crippen MR) is 83.2 cm³/mol. The minimum atomic E-state index is -0.536. The van der Waals surface area contributed by atoms with Crippen LogP contribution in [-0.4, -0.2) is 46.9 Å². The molecule has 2 aromatic rings. The highest BCUT2D eigenvalue weighted by Crippen LogP contribution is 2.35. The Morgan fingerprint density at radius 1 is 1.29 bits per heavy atom. The Morgan fingerprint density at radius 3 is 2.83 bits per heavy atom. The highest BCUT2D eigenvalue weighted by molar-refractivity contribution is 5.47. The van der Waals surface area contributed by atoms with Gasteiger partial charge < -0.3 is 18.7 Å². The molecule has 8 heteroatoms. The molecule has 2 aliphatic rings. The Labute approximate surface area is 140 Å². The average Bonchev–Trinajstić information content (AvgIpc) is 3.35. The lowest BCUT2D eigenvalue weighted by atomic mass is 9.93. The number of methoxy groups -OCH3 is 1. The molecule has 0 radical (unpaired) electrons. The first-order valence-electron chi connectivity index (χ1n) is 8.35. The zero-order valence-corrected chi connectivity index (χ0v) is 14.0. The van der Waals surface area contributed by atoms with E-state index in [2.05, 4.69) is 15.2 Å². The van der Waals surface area contributed by atoms with Crippen LogP contribution in [-0.2, 0) is 26.9 Å². The quantitative estimate of drug-likeness (QED) is 0.845. The van der Waals surface area contributed by atoms with E-state index in [4.69, 9.17) is 18.7 Å². The van der Waals surface area contributed by atoms with E-state index in [-0.39, 0.29) is 6.10 Å². The molecule has 2 aromatic heterocycles. The van der Waals surface area contributed by atoms with Crippen molar-refractivity contribution in [1.29, 1.82) is 0 Å². The lowest BCUT2D eigenvalue weighted by Gasteiger charge is -2.32. The van der Waals surface area contributed by atoms with Crippen molar-refractivity contribution in [3.8, 4) is 11.6 Å². The monoisotopic (exact) mass is 334 g/mol. The van der Waals surface area contributed by atoms with Gasteiger partial charge in [-0.2, -0.15) is 10.1 Å². The maximum Gasteiger partial charge on any atom is 0.278 e. The van der Waals surface area contributed by atoms with E-state index in [1.165, 1.54) is 0 Å². The van der Waals surface area contributed by atoms with Gasteiger partial charge in [-0.25, -0.2) is 0 Å². The van der Waals surface area contributed by atoms with Gasteiger partial charge in [0, 0.05) is 46.8 Å². The summed E-state index contributed by atoms with van der Waals surface area (Å²) in [6.45, 7) is 2.06. The molecular formula is C16H22N4O4. The second kappa shape index (κ2) is 6.27. The van der Waals surface area contributed by atoms with Crippen molar-refractivity contribution in [1.82, 2.24) is 19.9 Å². The summed E-state index contributed by atoms with van der Waals surface area (Å²) < 4.78 is 24.2. The summed E-state index contributed by atoms with van der Waals surface area (Å²) in [5, 5.41) is 8.66. The fourth-order valence-electron chi connectivity index (χ4n) is 3.43. The third-order valence-electron chi connectivity index (χ3n) is 4.92. The van der Waals surface area contributed by atoms with Gasteiger partial charge >= 0.3 is 0 Å². The number of aromatic nitrogens is 4. The Morgan fingerprint density at radius 2 is 2.12 bits per heavy atom. The van der Waals surface area contributed by atoms with E-state index in [0.717, 1.165) is 25.1 Å². The highest BCUT2D eigenvalue weighted by Gasteiger charge is 2.39. The van der Waals surface area contributed by atoms with Gasteiger partial charge in [0.05, 0.1) is 11.8 Å². The van der Waals surface area contributed by atoms with Crippen molar-refractivity contribution in [2.75, 3.05) is 26.9 Å². The van der Waals surface area contributed by atoms with Crippen molar-refractivity contribution in [2.45, 2.75) is 37.4 Å². The van der Waals surface area contributed by atoms with Crippen LogP contribution in [0, 0.1) is 0 Å². The van der Waals surface area contributed by atoms with E-state index < -0.39 is 5.60 Å². The summed E-state index contributed by atoms with van der Waals surface area (Å²) in [5.74, 6) is 0.973. The van der Waals surface area contributed by atoms with Gasteiger partial charge in [-0.15, -0.1) is 0 Å². The fourth-order valence-corrected chi connectivity index (χ4v) is 3.43. The van der Waals surface area contributed by atoms with Gasteiger partial charge in [0.25, 0.3) is 5.89 Å². The van der Waals surface area contributed by atoms with Crippen LogP contribution in [0.15, 0.2) is 10.6 Å². The molecule has 2 aliphatic heterocycles. The van der Waals surface area contributed by atoms with Gasteiger partial charge in [0.1, 0.15) is 5.60 Å². The summed E-state index contributed by atoms with van der Waals surface area (Å²) in [7, 11) is 3.59. The third kappa shape index (κ3) is 2.64. The Hall–Kier alpha value is -1.77. The second-order valence-electron chi connectivity index (χ2n) is 6.31. The Bertz CT molecular complexity index is 699. The van der Waals surface area contributed by atoms with Crippen LogP contribution < -0.4 is 0 Å². The van der Waals surface area contributed by atoms with Crippen molar-refractivity contribution in [2.24, 2.45) is 7.05 Å². The van der Waals surface area contributed by atoms with Crippen LogP contribution in [0.2, 0.25) is 0 Å². The number of nitrogens with zero attached hydrogens (tertiary/aromatic N) is 4. The molecule has 0 amide bonds. The highest BCUT2D eigenvalue weighted by atomic mass is 16.5. The zero-order chi connectivity index (χ0) is 16.6. The summed E-state index contributed by atoms with van der Waals surface area (Å²) in [6.07, 6.45) is 3.62. The molecule has 1 atom stereocenters. The van der Waals surface area contributed by atoms with Crippen molar-refractivity contribution >= 4 is 0 Å². The molecule has 0 spiro atoms. The van der Waals surface area contributed by atoms with Crippen molar-refractivity contribution < 1.29 is 18.7 Å². The molecule has 1 unspecified atom stereocenters. The molecule has 4 heterocycles. The van der Waals surface area contributed by atoms with Gasteiger partial charge in [-0.1, -0.05) is 5.16 Å². The maximum absolute atomic E-state index is 5.74. The molecule has 0 N–H and O–H groups in total. The molecule has 8 nitrogen and oxygen atoms in total. The first kappa shape index (κ1) is 15.7. The largest absolute Gasteiger partial charge is 0.381 e. The molecule has 0 aliphatic carbocycles. The predicted octanol–water partition coefficient (Wildman–Crippen LogP) is 1.97. The topological polar surface area (TPSA) is 84.4 Å².